The number of rotatable bonds is 7. The van der Waals surface area contributed by atoms with Crippen molar-refractivity contribution in [2.24, 2.45) is 0 Å². The third-order valence-electron chi connectivity index (χ3n) is 9.62. The molecular formula is C34H42ClN9O3. The summed E-state index contributed by atoms with van der Waals surface area (Å²) < 4.78 is 1.49. The summed E-state index contributed by atoms with van der Waals surface area (Å²) in [4.78, 5) is 49.3. The Morgan fingerprint density at radius 2 is 1.70 bits per heavy atom. The van der Waals surface area contributed by atoms with Gasteiger partial charge in [-0.25, -0.2) is 14.3 Å². The van der Waals surface area contributed by atoms with Gasteiger partial charge in [-0.15, -0.1) is 11.5 Å². The zero-order valence-electron chi connectivity index (χ0n) is 26.5. The van der Waals surface area contributed by atoms with Gasteiger partial charge in [-0.05, 0) is 56.5 Å². The number of hydrogen-bond acceptors (Lipinski definition) is 7. The fourth-order valence-electron chi connectivity index (χ4n) is 6.91. The summed E-state index contributed by atoms with van der Waals surface area (Å²) in [5, 5.41) is 11.3. The first-order chi connectivity index (χ1) is 22.8. The second-order valence-electron chi connectivity index (χ2n) is 12.5. The number of urea groups is 1. The first-order valence-corrected chi connectivity index (χ1v) is 16.8. The van der Waals surface area contributed by atoms with Crippen molar-refractivity contribution in [1.29, 1.82) is 0 Å². The van der Waals surface area contributed by atoms with Crippen LogP contribution in [0.5, 0.6) is 0 Å². The third-order valence-corrected chi connectivity index (χ3v) is 9.93. The molecule has 5 N–H and O–H groups in total. The van der Waals surface area contributed by atoms with Gasteiger partial charge in [0.1, 0.15) is 6.04 Å². The summed E-state index contributed by atoms with van der Waals surface area (Å²) in [5.41, 5.74) is 8.10. The molecule has 3 aliphatic rings. The van der Waals surface area contributed by atoms with Crippen LogP contribution in [0, 0.1) is 12.3 Å². The molecule has 0 radical (unpaired) electrons. The van der Waals surface area contributed by atoms with Crippen molar-refractivity contribution in [2.45, 2.75) is 50.2 Å². The average Bonchev–Trinajstić information content (AvgIpc) is 3.51. The average molecular weight is 660 g/mol. The first-order valence-electron chi connectivity index (χ1n) is 16.4. The number of nitrogen functional groups attached to an aromatic ring is 1. The highest BCUT2D eigenvalue weighted by atomic mass is 35.5. The van der Waals surface area contributed by atoms with Gasteiger partial charge in [-0.1, -0.05) is 47.9 Å². The van der Waals surface area contributed by atoms with E-state index in [0.717, 1.165) is 50.1 Å². The summed E-state index contributed by atoms with van der Waals surface area (Å²) in [6.07, 6.45) is 9.23. The number of H-pyrrole nitrogens is 1. The van der Waals surface area contributed by atoms with Crippen molar-refractivity contribution >= 4 is 29.2 Å². The van der Waals surface area contributed by atoms with Gasteiger partial charge in [0.15, 0.2) is 5.82 Å². The summed E-state index contributed by atoms with van der Waals surface area (Å²) in [6.45, 7) is 5.68. The van der Waals surface area contributed by atoms with E-state index < -0.39 is 6.04 Å². The Balaban J connectivity index is 1.12. The number of carbonyl (C=O) groups excluding carboxylic acids is 2. The molecule has 13 heteroatoms. The fourth-order valence-corrected chi connectivity index (χ4v) is 7.15. The summed E-state index contributed by atoms with van der Waals surface area (Å²) >= 11 is 6.39. The molecule has 3 aromatic rings. The lowest BCUT2D eigenvalue weighted by molar-refractivity contribution is -0.135. The van der Waals surface area contributed by atoms with Crippen molar-refractivity contribution in [2.75, 3.05) is 58.1 Å². The minimum Gasteiger partial charge on any atom is -0.397 e. The van der Waals surface area contributed by atoms with E-state index in [9.17, 15) is 14.4 Å². The van der Waals surface area contributed by atoms with E-state index in [0.29, 0.717) is 67.2 Å². The molecule has 12 nitrogen and oxygen atoms in total. The SMILES string of the molecule is C#Cc1cc(C[C@@H](NC(=O)N2CCC(n3nc(-c4ccccc4)[nH]c3=O)CC2)C(=O)N2CCN(C3CCNCC3)CC2)cc(Cl)c1N. The number of aromatic nitrogens is 3. The third kappa shape index (κ3) is 7.48. The molecule has 0 spiro atoms. The molecule has 3 amide bonds. The van der Waals surface area contributed by atoms with Gasteiger partial charge in [0.05, 0.1) is 16.8 Å². The summed E-state index contributed by atoms with van der Waals surface area (Å²) in [7, 11) is 0. The van der Waals surface area contributed by atoms with Gasteiger partial charge in [-0.3, -0.25) is 14.7 Å². The normalized spacial score (nSPS) is 18.9. The topological polar surface area (TPSA) is 145 Å². The van der Waals surface area contributed by atoms with E-state index in [1.54, 1.807) is 17.0 Å². The van der Waals surface area contributed by atoms with Gasteiger partial charge in [0.25, 0.3) is 0 Å². The highest BCUT2D eigenvalue weighted by molar-refractivity contribution is 6.33. The van der Waals surface area contributed by atoms with E-state index >= 15 is 0 Å². The maximum absolute atomic E-state index is 14.0. The predicted molar refractivity (Wildman–Crippen MR) is 182 cm³/mol. The number of carbonyl (C=O) groups is 2. The number of benzene rings is 2. The van der Waals surface area contributed by atoms with Crippen LogP contribution < -0.4 is 22.1 Å². The van der Waals surface area contributed by atoms with Crippen molar-refractivity contribution in [3.05, 3.63) is 69.1 Å². The van der Waals surface area contributed by atoms with Gasteiger partial charge >= 0.3 is 11.7 Å². The first kappa shape index (κ1) is 32.6. The number of piperidine rings is 2. The molecule has 3 saturated heterocycles. The number of nitrogens with one attached hydrogen (secondary N) is 3. The maximum Gasteiger partial charge on any atom is 0.343 e. The molecule has 1 aromatic heterocycles. The number of halogens is 1. The molecule has 0 bridgehead atoms. The standard InChI is InChI=1S/C34H42ClN9O3/c1-2-24-20-23(21-28(35)30(24)36)22-29(32(45)42-18-16-41(17-19-42)26-8-12-37-13-9-26)38-33(46)43-14-10-27(11-15-43)44-34(47)39-31(40-44)25-6-4-3-5-7-25/h1,3-7,20-21,26-27,29,37H,8-19,22,36H2,(H,38,46)(H,39,40,47)/t29-/m1/s1. The number of terminal acetylenes is 1. The van der Waals surface area contributed by atoms with E-state index in [1.807, 2.05) is 35.2 Å². The number of nitrogens with zero attached hydrogens (tertiary/aromatic N) is 5. The Morgan fingerprint density at radius 3 is 2.38 bits per heavy atom. The number of piperazine rings is 1. The molecule has 3 aliphatic heterocycles. The largest absolute Gasteiger partial charge is 0.397 e. The molecule has 248 valence electrons. The molecule has 2 aromatic carbocycles. The van der Waals surface area contributed by atoms with Crippen LogP contribution in [0.15, 0.2) is 47.3 Å². The van der Waals surface area contributed by atoms with E-state index in [-0.39, 0.29) is 30.1 Å². The number of hydrogen-bond donors (Lipinski definition) is 4. The minimum atomic E-state index is -0.821. The van der Waals surface area contributed by atoms with Crippen molar-refractivity contribution in [3.63, 3.8) is 0 Å². The van der Waals surface area contributed by atoms with Crippen LogP contribution in [0.1, 0.15) is 42.9 Å². The lowest BCUT2D eigenvalue weighted by atomic mass is 10.0. The second-order valence-corrected chi connectivity index (χ2v) is 12.9. The Kier molecular flexibility index (Phi) is 10.2. The van der Waals surface area contributed by atoms with Crippen LogP contribution >= 0.6 is 11.6 Å². The number of anilines is 1. The van der Waals surface area contributed by atoms with Crippen LogP contribution in [-0.4, -0.2) is 106 Å². The van der Waals surface area contributed by atoms with Crippen molar-refractivity contribution < 1.29 is 9.59 Å². The minimum absolute atomic E-state index is 0.134. The van der Waals surface area contributed by atoms with Gasteiger partial charge in [0, 0.05) is 62.9 Å². The zero-order valence-corrected chi connectivity index (χ0v) is 27.2. The highest BCUT2D eigenvalue weighted by Gasteiger charge is 2.33. The van der Waals surface area contributed by atoms with Crippen LogP contribution in [0.3, 0.4) is 0 Å². The van der Waals surface area contributed by atoms with Crippen molar-refractivity contribution in [3.8, 4) is 23.7 Å². The van der Waals surface area contributed by atoms with Crippen LogP contribution in [0.2, 0.25) is 5.02 Å². The molecule has 4 heterocycles. The Bertz CT molecular complexity index is 1660. The lowest BCUT2D eigenvalue weighted by Crippen LogP contribution is -2.59. The molecule has 1 atom stereocenters. The molecular weight excluding hydrogens is 618 g/mol. The molecule has 47 heavy (non-hydrogen) atoms. The monoisotopic (exact) mass is 659 g/mol. The van der Waals surface area contributed by atoms with E-state index in [2.05, 4.69) is 31.5 Å². The number of nitrogens with two attached hydrogens (primary N) is 1. The Labute approximate surface area is 279 Å². The number of likely N-dealkylation sites (tertiary alicyclic amines) is 1. The van der Waals surface area contributed by atoms with Crippen LogP contribution in [0.4, 0.5) is 10.5 Å². The van der Waals surface area contributed by atoms with E-state index in [4.69, 9.17) is 23.8 Å². The van der Waals surface area contributed by atoms with Gasteiger partial charge in [-0.2, -0.15) is 0 Å². The molecule has 0 aliphatic carbocycles. The molecule has 0 unspecified atom stereocenters. The molecule has 0 saturated carbocycles. The Morgan fingerprint density at radius 1 is 1.00 bits per heavy atom. The summed E-state index contributed by atoms with van der Waals surface area (Å²) in [6, 6.07) is 12.2. The smallest absolute Gasteiger partial charge is 0.343 e. The van der Waals surface area contributed by atoms with Crippen LogP contribution in [0.25, 0.3) is 11.4 Å². The predicted octanol–water partition coefficient (Wildman–Crippen LogP) is 2.31. The lowest BCUT2D eigenvalue weighted by Gasteiger charge is -2.42. The zero-order chi connectivity index (χ0) is 32.9. The van der Waals surface area contributed by atoms with E-state index in [1.165, 1.54) is 4.68 Å². The molecule has 3 fully saturated rings. The van der Waals surface area contributed by atoms with Crippen molar-refractivity contribution in [1.82, 2.24) is 40.1 Å². The number of aromatic amines is 1. The highest BCUT2D eigenvalue weighted by Crippen LogP contribution is 2.26. The van der Waals surface area contributed by atoms with Gasteiger partial charge < -0.3 is 26.2 Å². The van der Waals surface area contributed by atoms with Gasteiger partial charge in [0.2, 0.25) is 5.91 Å². The Hall–Kier alpha value is -4.31. The second kappa shape index (κ2) is 14.6. The number of amides is 3. The molecule has 6 rings (SSSR count). The quantitative estimate of drug-likeness (QED) is 0.225. The summed E-state index contributed by atoms with van der Waals surface area (Å²) in [5.74, 6) is 2.94. The fraction of sp³-hybridized carbons (Fsp3) is 0.471. The van der Waals surface area contributed by atoms with Crippen LogP contribution in [-0.2, 0) is 11.2 Å². The maximum atomic E-state index is 14.0.